The molecule has 0 aliphatic heterocycles. The average Bonchev–Trinajstić information content (AvgIpc) is 3.17. The SMILES string of the molecule is Cc1ccc(C#CCCC[C@]23CCCC(=O)[C@H]2C3)cc1. The molecule has 0 unspecified atom stereocenters. The van der Waals surface area contributed by atoms with Gasteiger partial charge in [0.1, 0.15) is 5.78 Å². The molecule has 2 aliphatic carbocycles. The van der Waals surface area contributed by atoms with Gasteiger partial charge in [0.05, 0.1) is 0 Å². The molecule has 2 aliphatic rings. The molecule has 20 heavy (non-hydrogen) atoms. The highest BCUT2D eigenvalue weighted by Crippen LogP contribution is 2.62. The van der Waals surface area contributed by atoms with Crippen molar-refractivity contribution in [2.75, 3.05) is 0 Å². The van der Waals surface area contributed by atoms with E-state index in [1.54, 1.807) is 0 Å². The first-order chi connectivity index (χ1) is 9.70. The Morgan fingerprint density at radius 3 is 2.90 bits per heavy atom. The summed E-state index contributed by atoms with van der Waals surface area (Å²) >= 11 is 0. The van der Waals surface area contributed by atoms with Crippen LogP contribution in [0.5, 0.6) is 0 Å². The molecule has 0 spiro atoms. The molecule has 0 N–H and O–H groups in total. The van der Waals surface area contributed by atoms with Crippen molar-refractivity contribution in [3.8, 4) is 11.8 Å². The van der Waals surface area contributed by atoms with Crippen LogP contribution in [0.4, 0.5) is 0 Å². The minimum absolute atomic E-state index is 0.404. The lowest BCUT2D eigenvalue weighted by molar-refractivity contribution is -0.122. The highest BCUT2D eigenvalue weighted by Gasteiger charge is 2.57. The number of ketones is 1. The van der Waals surface area contributed by atoms with Crippen LogP contribution in [0.3, 0.4) is 0 Å². The minimum Gasteiger partial charge on any atom is -0.299 e. The normalized spacial score (nSPS) is 27.4. The number of hydrogen-bond donors (Lipinski definition) is 0. The maximum atomic E-state index is 11.7. The van der Waals surface area contributed by atoms with Crippen molar-refractivity contribution in [1.82, 2.24) is 0 Å². The second kappa shape index (κ2) is 5.44. The summed E-state index contributed by atoms with van der Waals surface area (Å²) < 4.78 is 0. The Morgan fingerprint density at radius 1 is 1.30 bits per heavy atom. The Bertz CT molecular complexity index is 558. The summed E-state index contributed by atoms with van der Waals surface area (Å²) in [6, 6.07) is 8.37. The molecule has 104 valence electrons. The summed E-state index contributed by atoms with van der Waals surface area (Å²) in [5.41, 5.74) is 2.78. The lowest BCUT2D eigenvalue weighted by atomic mass is 9.84. The van der Waals surface area contributed by atoms with E-state index >= 15 is 0 Å². The van der Waals surface area contributed by atoms with Crippen LogP contribution in [0.2, 0.25) is 0 Å². The number of Topliss-reactive ketones (excluding diaryl/α,β-unsaturated/α-hetero) is 1. The third kappa shape index (κ3) is 2.80. The van der Waals surface area contributed by atoms with Gasteiger partial charge in [0.25, 0.3) is 0 Å². The quantitative estimate of drug-likeness (QED) is 0.589. The molecule has 1 aromatic carbocycles. The monoisotopic (exact) mass is 266 g/mol. The van der Waals surface area contributed by atoms with Gasteiger partial charge in [-0.15, -0.1) is 0 Å². The fourth-order valence-electron chi connectivity index (χ4n) is 3.60. The van der Waals surface area contributed by atoms with E-state index in [1.807, 2.05) is 0 Å². The molecule has 1 nitrogen and oxygen atoms in total. The molecule has 2 atom stereocenters. The van der Waals surface area contributed by atoms with Gasteiger partial charge in [-0.05, 0) is 56.6 Å². The Balaban J connectivity index is 1.45. The van der Waals surface area contributed by atoms with Gasteiger partial charge in [-0.25, -0.2) is 0 Å². The van der Waals surface area contributed by atoms with E-state index in [2.05, 4.69) is 43.0 Å². The first-order valence-corrected chi connectivity index (χ1v) is 7.78. The summed E-state index contributed by atoms with van der Waals surface area (Å²) in [6.45, 7) is 2.09. The van der Waals surface area contributed by atoms with Crippen LogP contribution in [0.1, 0.15) is 56.1 Å². The highest BCUT2D eigenvalue weighted by molar-refractivity contribution is 5.85. The Labute approximate surface area is 121 Å². The van der Waals surface area contributed by atoms with E-state index in [0.29, 0.717) is 17.1 Å². The first kappa shape index (κ1) is 13.4. The van der Waals surface area contributed by atoms with E-state index in [4.69, 9.17) is 0 Å². The maximum absolute atomic E-state index is 11.7. The van der Waals surface area contributed by atoms with Crippen molar-refractivity contribution in [2.24, 2.45) is 11.3 Å². The fraction of sp³-hybridized carbons (Fsp3) is 0.526. The van der Waals surface area contributed by atoms with Crippen molar-refractivity contribution in [3.63, 3.8) is 0 Å². The van der Waals surface area contributed by atoms with Crippen molar-refractivity contribution in [1.29, 1.82) is 0 Å². The molecule has 2 saturated carbocycles. The Kier molecular flexibility index (Phi) is 3.66. The molecule has 2 fully saturated rings. The zero-order valence-electron chi connectivity index (χ0n) is 12.2. The largest absolute Gasteiger partial charge is 0.299 e. The van der Waals surface area contributed by atoms with Crippen molar-refractivity contribution < 1.29 is 4.79 Å². The summed E-state index contributed by atoms with van der Waals surface area (Å²) in [7, 11) is 0. The van der Waals surface area contributed by atoms with Crippen LogP contribution >= 0.6 is 0 Å². The summed E-state index contributed by atoms with van der Waals surface area (Å²) in [4.78, 5) is 11.7. The highest BCUT2D eigenvalue weighted by atomic mass is 16.1. The summed E-state index contributed by atoms with van der Waals surface area (Å²) in [6.07, 6.45) is 7.68. The predicted octanol–water partition coefficient (Wildman–Crippen LogP) is 4.28. The van der Waals surface area contributed by atoms with E-state index in [9.17, 15) is 4.79 Å². The molecule has 0 saturated heterocycles. The minimum atomic E-state index is 0.404. The number of fused-ring (bicyclic) bond motifs is 1. The third-order valence-corrected chi connectivity index (χ3v) is 4.94. The van der Waals surface area contributed by atoms with Gasteiger partial charge in [0, 0.05) is 24.3 Å². The molecule has 0 aromatic heterocycles. The van der Waals surface area contributed by atoms with Crippen LogP contribution < -0.4 is 0 Å². The van der Waals surface area contributed by atoms with Crippen molar-refractivity contribution in [3.05, 3.63) is 35.4 Å². The van der Waals surface area contributed by atoms with Gasteiger partial charge in [0.15, 0.2) is 0 Å². The topological polar surface area (TPSA) is 17.1 Å². The van der Waals surface area contributed by atoms with E-state index < -0.39 is 0 Å². The van der Waals surface area contributed by atoms with Crippen LogP contribution in [-0.4, -0.2) is 5.78 Å². The van der Waals surface area contributed by atoms with E-state index in [-0.39, 0.29) is 0 Å². The van der Waals surface area contributed by atoms with Gasteiger partial charge in [-0.3, -0.25) is 4.79 Å². The Hall–Kier alpha value is -1.55. The third-order valence-electron chi connectivity index (χ3n) is 4.94. The van der Waals surface area contributed by atoms with Crippen LogP contribution in [0, 0.1) is 30.1 Å². The van der Waals surface area contributed by atoms with Gasteiger partial charge in [-0.1, -0.05) is 29.5 Å². The summed E-state index contributed by atoms with van der Waals surface area (Å²) in [5, 5.41) is 0. The second-order valence-electron chi connectivity index (χ2n) is 6.46. The number of unbranched alkanes of at least 4 members (excludes halogenated alkanes) is 1. The number of aryl methyl sites for hydroxylation is 1. The second-order valence-corrected chi connectivity index (χ2v) is 6.46. The van der Waals surface area contributed by atoms with Gasteiger partial charge >= 0.3 is 0 Å². The number of rotatable bonds is 3. The number of carbonyl (C=O) groups is 1. The molecule has 0 amide bonds. The molecule has 1 heteroatoms. The number of benzene rings is 1. The Morgan fingerprint density at radius 2 is 2.10 bits per heavy atom. The van der Waals surface area contributed by atoms with Gasteiger partial charge < -0.3 is 0 Å². The molecule has 3 rings (SSSR count). The molecule has 0 bridgehead atoms. The van der Waals surface area contributed by atoms with E-state index in [1.165, 1.54) is 18.4 Å². The van der Waals surface area contributed by atoms with Crippen LogP contribution in [0.25, 0.3) is 0 Å². The van der Waals surface area contributed by atoms with Gasteiger partial charge in [-0.2, -0.15) is 0 Å². The number of carbonyl (C=O) groups excluding carboxylic acids is 1. The van der Waals surface area contributed by atoms with E-state index in [0.717, 1.165) is 37.7 Å². The van der Waals surface area contributed by atoms with Crippen LogP contribution in [-0.2, 0) is 4.79 Å². The lowest BCUT2D eigenvalue weighted by Gasteiger charge is -2.20. The lowest BCUT2D eigenvalue weighted by Crippen LogP contribution is -2.17. The predicted molar refractivity (Wildman–Crippen MR) is 81.3 cm³/mol. The molecule has 0 radical (unpaired) electrons. The maximum Gasteiger partial charge on any atom is 0.136 e. The number of hydrogen-bond acceptors (Lipinski definition) is 1. The standard InChI is InChI=1S/C19H22O/c1-15-8-10-16(11-9-15)6-3-2-4-12-19-13-5-7-18(20)17(19)14-19/h8-11,17H,2,4-5,7,12-14H2,1H3/t17-,19-/m1/s1. The van der Waals surface area contributed by atoms with Crippen LogP contribution in [0.15, 0.2) is 24.3 Å². The molecule has 1 aromatic rings. The zero-order chi connectivity index (χ0) is 14.0. The first-order valence-electron chi connectivity index (χ1n) is 7.78. The summed E-state index contributed by atoms with van der Waals surface area (Å²) in [5.74, 6) is 7.45. The van der Waals surface area contributed by atoms with Gasteiger partial charge in [0.2, 0.25) is 0 Å². The molecular formula is C19H22O. The average molecular weight is 266 g/mol. The molecule has 0 heterocycles. The smallest absolute Gasteiger partial charge is 0.136 e. The van der Waals surface area contributed by atoms with Crippen molar-refractivity contribution >= 4 is 5.78 Å². The fourth-order valence-corrected chi connectivity index (χ4v) is 3.60. The van der Waals surface area contributed by atoms with Crippen molar-refractivity contribution in [2.45, 2.75) is 51.9 Å². The zero-order valence-corrected chi connectivity index (χ0v) is 12.2. The molecular weight excluding hydrogens is 244 g/mol.